The van der Waals surface area contributed by atoms with Crippen molar-refractivity contribution in [2.75, 3.05) is 36.2 Å². The molecule has 2 N–H and O–H groups in total. The SMILES string of the molecule is CN(C)c1ccccc1NCC(=O)Nc1ccc(F)cc1. The average molecular weight is 287 g/mol. The zero-order valence-electron chi connectivity index (χ0n) is 12.1. The molecular formula is C16H18FN3O. The molecule has 0 radical (unpaired) electrons. The number of hydrogen-bond acceptors (Lipinski definition) is 3. The molecule has 0 spiro atoms. The van der Waals surface area contributed by atoms with Gasteiger partial charge in [-0.2, -0.15) is 0 Å². The van der Waals surface area contributed by atoms with E-state index in [2.05, 4.69) is 10.6 Å². The fraction of sp³-hybridized carbons (Fsp3) is 0.188. The molecule has 21 heavy (non-hydrogen) atoms. The minimum absolute atomic E-state index is 0.141. The molecular weight excluding hydrogens is 269 g/mol. The van der Waals surface area contributed by atoms with E-state index < -0.39 is 0 Å². The second kappa shape index (κ2) is 6.74. The van der Waals surface area contributed by atoms with Crippen molar-refractivity contribution < 1.29 is 9.18 Å². The van der Waals surface area contributed by atoms with Crippen LogP contribution in [-0.2, 0) is 4.79 Å². The van der Waals surface area contributed by atoms with E-state index in [1.807, 2.05) is 43.3 Å². The first-order valence-electron chi connectivity index (χ1n) is 6.62. The van der Waals surface area contributed by atoms with E-state index in [9.17, 15) is 9.18 Å². The molecule has 1 amide bonds. The summed E-state index contributed by atoms with van der Waals surface area (Å²) >= 11 is 0. The second-order valence-corrected chi connectivity index (χ2v) is 4.82. The van der Waals surface area contributed by atoms with Crippen molar-refractivity contribution >= 4 is 23.0 Å². The van der Waals surface area contributed by atoms with E-state index in [0.29, 0.717) is 5.69 Å². The van der Waals surface area contributed by atoms with Gasteiger partial charge in [-0.1, -0.05) is 12.1 Å². The van der Waals surface area contributed by atoms with Crippen LogP contribution in [0.4, 0.5) is 21.5 Å². The number of hydrogen-bond donors (Lipinski definition) is 2. The first kappa shape index (κ1) is 14.8. The molecule has 0 bridgehead atoms. The Morgan fingerprint density at radius 1 is 1.10 bits per heavy atom. The van der Waals surface area contributed by atoms with Crippen LogP contribution in [-0.4, -0.2) is 26.5 Å². The van der Waals surface area contributed by atoms with E-state index >= 15 is 0 Å². The third-order valence-electron chi connectivity index (χ3n) is 2.95. The lowest BCUT2D eigenvalue weighted by Crippen LogP contribution is -2.22. The molecule has 0 aliphatic carbocycles. The van der Waals surface area contributed by atoms with Crippen LogP contribution in [0.3, 0.4) is 0 Å². The summed E-state index contributed by atoms with van der Waals surface area (Å²) in [7, 11) is 3.89. The maximum atomic E-state index is 12.8. The molecule has 0 heterocycles. The van der Waals surface area contributed by atoms with Crippen LogP contribution in [0.5, 0.6) is 0 Å². The zero-order chi connectivity index (χ0) is 15.2. The minimum Gasteiger partial charge on any atom is -0.376 e. The van der Waals surface area contributed by atoms with Gasteiger partial charge in [0.2, 0.25) is 5.91 Å². The number of nitrogens with one attached hydrogen (secondary N) is 2. The van der Waals surface area contributed by atoms with Crippen molar-refractivity contribution in [3.05, 3.63) is 54.3 Å². The monoisotopic (exact) mass is 287 g/mol. The lowest BCUT2D eigenvalue weighted by molar-refractivity contribution is -0.114. The predicted molar refractivity (Wildman–Crippen MR) is 84.3 cm³/mol. The van der Waals surface area contributed by atoms with Gasteiger partial charge in [0, 0.05) is 19.8 Å². The largest absolute Gasteiger partial charge is 0.376 e. The number of para-hydroxylation sites is 2. The molecule has 0 atom stereocenters. The van der Waals surface area contributed by atoms with Crippen LogP contribution in [0, 0.1) is 5.82 Å². The van der Waals surface area contributed by atoms with Crippen molar-refractivity contribution in [3.63, 3.8) is 0 Å². The summed E-state index contributed by atoms with van der Waals surface area (Å²) in [6, 6.07) is 13.4. The lowest BCUT2D eigenvalue weighted by Gasteiger charge is -2.18. The topological polar surface area (TPSA) is 44.4 Å². The fourth-order valence-electron chi connectivity index (χ4n) is 1.93. The number of carbonyl (C=O) groups is 1. The highest BCUT2D eigenvalue weighted by molar-refractivity contribution is 5.94. The maximum absolute atomic E-state index is 12.8. The summed E-state index contributed by atoms with van der Waals surface area (Å²) in [5, 5.41) is 5.80. The fourth-order valence-corrected chi connectivity index (χ4v) is 1.93. The summed E-state index contributed by atoms with van der Waals surface area (Å²) in [6.45, 7) is 0.141. The number of carbonyl (C=O) groups excluding carboxylic acids is 1. The van der Waals surface area contributed by atoms with Gasteiger partial charge in [-0.15, -0.1) is 0 Å². The van der Waals surface area contributed by atoms with Crippen molar-refractivity contribution in [2.45, 2.75) is 0 Å². The Hall–Kier alpha value is -2.56. The summed E-state index contributed by atoms with van der Waals surface area (Å²) in [6.07, 6.45) is 0. The summed E-state index contributed by atoms with van der Waals surface area (Å²) < 4.78 is 12.8. The first-order valence-corrected chi connectivity index (χ1v) is 6.62. The van der Waals surface area contributed by atoms with Crippen LogP contribution in [0.1, 0.15) is 0 Å². The number of halogens is 1. The van der Waals surface area contributed by atoms with Gasteiger partial charge in [0.05, 0.1) is 17.9 Å². The Balaban J connectivity index is 1.94. The molecule has 0 aromatic heterocycles. The number of benzene rings is 2. The molecule has 110 valence electrons. The second-order valence-electron chi connectivity index (χ2n) is 4.82. The Bertz CT molecular complexity index is 611. The highest BCUT2D eigenvalue weighted by Crippen LogP contribution is 2.23. The molecule has 0 aliphatic heterocycles. The van der Waals surface area contributed by atoms with Gasteiger partial charge in [-0.05, 0) is 36.4 Å². The molecule has 0 aliphatic rings. The van der Waals surface area contributed by atoms with Crippen molar-refractivity contribution in [1.29, 1.82) is 0 Å². The Morgan fingerprint density at radius 3 is 2.43 bits per heavy atom. The standard InChI is InChI=1S/C16H18FN3O/c1-20(2)15-6-4-3-5-14(15)18-11-16(21)19-13-9-7-12(17)8-10-13/h3-10,18H,11H2,1-2H3,(H,19,21). The van der Waals surface area contributed by atoms with E-state index in [-0.39, 0.29) is 18.3 Å². The molecule has 2 aromatic carbocycles. The van der Waals surface area contributed by atoms with Gasteiger partial charge in [0.15, 0.2) is 0 Å². The van der Waals surface area contributed by atoms with Gasteiger partial charge < -0.3 is 15.5 Å². The Kier molecular flexibility index (Phi) is 4.77. The molecule has 0 saturated heterocycles. The number of amides is 1. The molecule has 0 fully saturated rings. The van der Waals surface area contributed by atoms with E-state index in [1.165, 1.54) is 24.3 Å². The van der Waals surface area contributed by atoms with Crippen LogP contribution < -0.4 is 15.5 Å². The highest BCUT2D eigenvalue weighted by atomic mass is 19.1. The highest BCUT2D eigenvalue weighted by Gasteiger charge is 2.06. The average Bonchev–Trinajstić information content (AvgIpc) is 2.48. The number of anilines is 3. The van der Waals surface area contributed by atoms with Crippen molar-refractivity contribution in [2.24, 2.45) is 0 Å². The normalized spacial score (nSPS) is 10.0. The van der Waals surface area contributed by atoms with E-state index in [1.54, 1.807) is 0 Å². The summed E-state index contributed by atoms with van der Waals surface area (Å²) in [5.41, 5.74) is 2.47. The smallest absolute Gasteiger partial charge is 0.243 e. The van der Waals surface area contributed by atoms with Crippen LogP contribution in [0.2, 0.25) is 0 Å². The third kappa shape index (κ3) is 4.21. The van der Waals surface area contributed by atoms with E-state index in [4.69, 9.17) is 0 Å². The summed E-state index contributed by atoms with van der Waals surface area (Å²) in [5.74, 6) is -0.513. The Labute approximate surface area is 123 Å². The van der Waals surface area contributed by atoms with Gasteiger partial charge in [0.1, 0.15) is 5.82 Å². The van der Waals surface area contributed by atoms with Crippen LogP contribution in [0.15, 0.2) is 48.5 Å². The Morgan fingerprint density at radius 2 is 1.76 bits per heavy atom. The van der Waals surface area contributed by atoms with Crippen LogP contribution in [0.25, 0.3) is 0 Å². The summed E-state index contributed by atoms with van der Waals surface area (Å²) in [4.78, 5) is 13.8. The maximum Gasteiger partial charge on any atom is 0.243 e. The van der Waals surface area contributed by atoms with Gasteiger partial charge in [-0.25, -0.2) is 4.39 Å². The van der Waals surface area contributed by atoms with Gasteiger partial charge >= 0.3 is 0 Å². The molecule has 0 unspecified atom stereocenters. The molecule has 2 rings (SSSR count). The first-order chi connectivity index (χ1) is 10.1. The predicted octanol–water partition coefficient (Wildman–Crippen LogP) is 2.94. The zero-order valence-corrected chi connectivity index (χ0v) is 12.1. The lowest BCUT2D eigenvalue weighted by atomic mass is 10.2. The van der Waals surface area contributed by atoms with Crippen molar-refractivity contribution in [3.8, 4) is 0 Å². The number of rotatable bonds is 5. The van der Waals surface area contributed by atoms with Gasteiger partial charge in [-0.3, -0.25) is 4.79 Å². The minimum atomic E-state index is -0.328. The quantitative estimate of drug-likeness (QED) is 0.888. The van der Waals surface area contributed by atoms with Crippen LogP contribution >= 0.6 is 0 Å². The third-order valence-corrected chi connectivity index (χ3v) is 2.95. The van der Waals surface area contributed by atoms with E-state index in [0.717, 1.165) is 11.4 Å². The van der Waals surface area contributed by atoms with Gasteiger partial charge in [0.25, 0.3) is 0 Å². The molecule has 2 aromatic rings. The molecule has 4 nitrogen and oxygen atoms in total. The molecule has 5 heteroatoms. The molecule has 0 saturated carbocycles. The number of nitrogens with zero attached hydrogens (tertiary/aromatic N) is 1. The van der Waals surface area contributed by atoms with Crippen molar-refractivity contribution in [1.82, 2.24) is 0 Å².